The second kappa shape index (κ2) is 7.82. The van der Waals surface area contributed by atoms with Crippen LogP contribution in [-0.2, 0) is 14.3 Å². The van der Waals surface area contributed by atoms with Crippen molar-refractivity contribution in [3.63, 3.8) is 0 Å². The Morgan fingerprint density at radius 3 is 2.63 bits per heavy atom. The summed E-state index contributed by atoms with van der Waals surface area (Å²) in [6.07, 6.45) is 3.70. The van der Waals surface area contributed by atoms with Crippen LogP contribution in [0.2, 0.25) is 0 Å². The van der Waals surface area contributed by atoms with Crippen LogP contribution in [0.4, 0.5) is 5.82 Å². The monoisotopic (exact) mass is 374 g/mol. The minimum Gasteiger partial charge on any atom is -0.378 e. The molecule has 2 amide bonds. The average Bonchev–Trinajstić information content (AvgIpc) is 2.73. The lowest BCUT2D eigenvalue weighted by molar-refractivity contribution is -0.128. The van der Waals surface area contributed by atoms with Gasteiger partial charge >= 0.3 is 0 Å². The summed E-state index contributed by atoms with van der Waals surface area (Å²) >= 11 is 0. The molecular weight excluding hydrogens is 348 g/mol. The number of carbonyl (C=O) groups is 2. The Kier molecular flexibility index (Phi) is 5.27. The summed E-state index contributed by atoms with van der Waals surface area (Å²) < 4.78 is 11.2. The van der Waals surface area contributed by atoms with E-state index < -0.39 is 0 Å². The number of rotatable bonds is 3. The maximum atomic E-state index is 13.1. The third-order valence-electron chi connectivity index (χ3n) is 5.81. The standard InChI is InChI=1S/C19H26N4O4/c20-18(24)13-1-3-16-15(11-13)23(7-10-27-16)19(25)14-2-4-17(21-12-14)22-5-8-26-9-6-22/h2,4,12-13,15-16H,1,3,5-11H2,(H2,20,24)/t13-,15+,16+/m0/s1. The van der Waals surface area contributed by atoms with E-state index in [1.807, 2.05) is 17.0 Å². The fraction of sp³-hybridized carbons (Fsp3) is 0.632. The summed E-state index contributed by atoms with van der Waals surface area (Å²) in [4.78, 5) is 33.2. The summed E-state index contributed by atoms with van der Waals surface area (Å²) in [6.45, 7) is 4.05. The molecule has 0 aromatic carbocycles. The van der Waals surface area contributed by atoms with Crippen molar-refractivity contribution in [2.24, 2.45) is 11.7 Å². The van der Waals surface area contributed by atoms with Crippen LogP contribution in [0.3, 0.4) is 0 Å². The molecule has 2 saturated heterocycles. The number of hydrogen-bond donors (Lipinski definition) is 1. The van der Waals surface area contributed by atoms with E-state index in [4.69, 9.17) is 15.2 Å². The zero-order valence-corrected chi connectivity index (χ0v) is 15.4. The van der Waals surface area contributed by atoms with Crippen molar-refractivity contribution in [3.05, 3.63) is 23.9 Å². The van der Waals surface area contributed by atoms with E-state index in [1.54, 1.807) is 6.20 Å². The number of anilines is 1. The van der Waals surface area contributed by atoms with Gasteiger partial charge in [0.05, 0.1) is 37.5 Å². The SMILES string of the molecule is NC(=O)[C@H]1CC[C@H]2OCCN(C(=O)c3ccc(N4CCOCC4)nc3)[C@@H]2C1. The number of primary amides is 1. The Hall–Kier alpha value is -2.19. The molecule has 1 saturated carbocycles. The van der Waals surface area contributed by atoms with Crippen LogP contribution in [-0.4, -0.2) is 73.3 Å². The lowest BCUT2D eigenvalue weighted by Gasteiger charge is -2.45. The number of aromatic nitrogens is 1. The van der Waals surface area contributed by atoms with Gasteiger partial charge in [-0.15, -0.1) is 0 Å². The number of nitrogens with two attached hydrogens (primary N) is 1. The second-order valence-corrected chi connectivity index (χ2v) is 7.39. The van der Waals surface area contributed by atoms with Gasteiger partial charge in [-0.25, -0.2) is 4.98 Å². The minimum atomic E-state index is -0.289. The van der Waals surface area contributed by atoms with Gasteiger partial charge in [0.25, 0.3) is 5.91 Å². The lowest BCUT2D eigenvalue weighted by Crippen LogP contribution is -2.57. The van der Waals surface area contributed by atoms with Crippen molar-refractivity contribution in [1.29, 1.82) is 0 Å². The van der Waals surface area contributed by atoms with E-state index in [0.717, 1.165) is 31.7 Å². The van der Waals surface area contributed by atoms with Crippen molar-refractivity contribution in [3.8, 4) is 0 Å². The lowest BCUT2D eigenvalue weighted by atomic mass is 9.81. The largest absolute Gasteiger partial charge is 0.378 e. The second-order valence-electron chi connectivity index (χ2n) is 7.39. The van der Waals surface area contributed by atoms with E-state index >= 15 is 0 Å². The highest BCUT2D eigenvalue weighted by molar-refractivity contribution is 5.94. The topological polar surface area (TPSA) is 98.0 Å². The number of fused-ring (bicyclic) bond motifs is 1. The van der Waals surface area contributed by atoms with Crippen molar-refractivity contribution in [2.45, 2.75) is 31.4 Å². The van der Waals surface area contributed by atoms with Crippen molar-refractivity contribution in [2.75, 3.05) is 44.4 Å². The third-order valence-corrected chi connectivity index (χ3v) is 5.81. The molecule has 0 unspecified atom stereocenters. The third kappa shape index (κ3) is 3.77. The van der Waals surface area contributed by atoms with E-state index in [0.29, 0.717) is 38.3 Å². The predicted octanol–water partition coefficient (Wildman–Crippen LogP) is 0.413. The zero-order valence-electron chi connectivity index (χ0n) is 15.4. The molecule has 3 fully saturated rings. The molecular formula is C19H26N4O4. The number of morpholine rings is 2. The van der Waals surface area contributed by atoms with E-state index in [2.05, 4.69) is 9.88 Å². The molecule has 1 aromatic rings. The first-order valence-corrected chi connectivity index (χ1v) is 9.64. The normalized spacial score (nSPS) is 28.5. The highest BCUT2D eigenvalue weighted by Crippen LogP contribution is 2.33. The van der Waals surface area contributed by atoms with Gasteiger partial charge in [-0.1, -0.05) is 0 Å². The van der Waals surface area contributed by atoms with E-state index in [9.17, 15) is 9.59 Å². The van der Waals surface area contributed by atoms with Crippen LogP contribution in [0.25, 0.3) is 0 Å². The number of pyridine rings is 1. The summed E-state index contributed by atoms with van der Waals surface area (Å²) in [5.74, 6) is 0.327. The Balaban J connectivity index is 1.48. The molecule has 27 heavy (non-hydrogen) atoms. The first kappa shape index (κ1) is 18.2. The predicted molar refractivity (Wildman–Crippen MR) is 98.4 cm³/mol. The quantitative estimate of drug-likeness (QED) is 0.823. The smallest absolute Gasteiger partial charge is 0.255 e. The maximum Gasteiger partial charge on any atom is 0.255 e. The number of amides is 2. The molecule has 3 atom stereocenters. The van der Waals surface area contributed by atoms with Gasteiger partial charge in [0.1, 0.15) is 5.82 Å². The van der Waals surface area contributed by atoms with Crippen LogP contribution in [0.15, 0.2) is 18.3 Å². The molecule has 3 aliphatic rings. The molecule has 1 aliphatic carbocycles. The molecule has 0 spiro atoms. The van der Waals surface area contributed by atoms with Crippen LogP contribution in [0.5, 0.6) is 0 Å². The Labute approximate surface area is 158 Å². The Bertz CT molecular complexity index is 689. The van der Waals surface area contributed by atoms with Gasteiger partial charge in [0.2, 0.25) is 5.91 Å². The number of hydrogen-bond acceptors (Lipinski definition) is 6. The van der Waals surface area contributed by atoms with E-state index in [1.165, 1.54) is 0 Å². The fourth-order valence-corrected chi connectivity index (χ4v) is 4.28. The Morgan fingerprint density at radius 2 is 1.93 bits per heavy atom. The fourth-order valence-electron chi connectivity index (χ4n) is 4.28. The Morgan fingerprint density at radius 1 is 1.11 bits per heavy atom. The molecule has 0 radical (unpaired) electrons. The van der Waals surface area contributed by atoms with Crippen LogP contribution in [0.1, 0.15) is 29.6 Å². The van der Waals surface area contributed by atoms with Gasteiger partial charge in [0, 0.05) is 31.7 Å². The first-order valence-electron chi connectivity index (χ1n) is 9.64. The molecule has 8 nitrogen and oxygen atoms in total. The zero-order chi connectivity index (χ0) is 18.8. The molecule has 2 N–H and O–H groups in total. The molecule has 0 bridgehead atoms. The molecule has 146 valence electrons. The summed E-state index contributed by atoms with van der Waals surface area (Å²) in [5, 5.41) is 0. The highest BCUT2D eigenvalue weighted by Gasteiger charge is 2.41. The van der Waals surface area contributed by atoms with Gasteiger partial charge < -0.3 is 25.0 Å². The van der Waals surface area contributed by atoms with Crippen molar-refractivity contribution in [1.82, 2.24) is 9.88 Å². The number of carbonyl (C=O) groups excluding carboxylic acids is 2. The first-order chi connectivity index (χ1) is 13.1. The van der Waals surface area contributed by atoms with Gasteiger partial charge in [-0.05, 0) is 31.4 Å². The van der Waals surface area contributed by atoms with Gasteiger partial charge in [0.15, 0.2) is 0 Å². The molecule has 4 rings (SSSR count). The van der Waals surface area contributed by atoms with Crippen LogP contribution >= 0.6 is 0 Å². The van der Waals surface area contributed by atoms with E-state index in [-0.39, 0.29) is 29.9 Å². The summed E-state index contributed by atoms with van der Waals surface area (Å²) in [6, 6.07) is 3.62. The van der Waals surface area contributed by atoms with Gasteiger partial charge in [-0.2, -0.15) is 0 Å². The average molecular weight is 374 g/mol. The summed E-state index contributed by atoms with van der Waals surface area (Å²) in [5.41, 5.74) is 6.07. The van der Waals surface area contributed by atoms with Crippen LogP contribution < -0.4 is 10.6 Å². The summed E-state index contributed by atoms with van der Waals surface area (Å²) in [7, 11) is 0. The van der Waals surface area contributed by atoms with Crippen LogP contribution in [0, 0.1) is 5.92 Å². The minimum absolute atomic E-state index is 0.0149. The maximum absolute atomic E-state index is 13.1. The molecule has 8 heteroatoms. The molecule has 1 aromatic heterocycles. The van der Waals surface area contributed by atoms with Gasteiger partial charge in [-0.3, -0.25) is 9.59 Å². The molecule has 3 heterocycles. The van der Waals surface area contributed by atoms with Crippen molar-refractivity contribution >= 4 is 17.6 Å². The number of nitrogens with zero attached hydrogens (tertiary/aromatic N) is 3. The van der Waals surface area contributed by atoms with Crippen molar-refractivity contribution < 1.29 is 19.1 Å². The number of ether oxygens (including phenoxy) is 2. The highest BCUT2D eigenvalue weighted by atomic mass is 16.5. The molecule has 2 aliphatic heterocycles.